The fraction of sp³-hybridized carbons (Fsp3) is 0.583. The van der Waals surface area contributed by atoms with Crippen LogP contribution in [0.4, 0.5) is 5.00 Å². The van der Waals surface area contributed by atoms with E-state index in [1.165, 1.54) is 24.2 Å². The van der Waals surface area contributed by atoms with Crippen molar-refractivity contribution in [1.29, 1.82) is 0 Å². The minimum Gasteiger partial charge on any atom is -0.477 e. The largest absolute Gasteiger partial charge is 0.477 e. The quantitative estimate of drug-likeness (QED) is 0.862. The van der Waals surface area contributed by atoms with Gasteiger partial charge in [-0.3, -0.25) is 0 Å². The smallest absolute Gasteiger partial charge is 0.345 e. The lowest BCUT2D eigenvalue weighted by Crippen LogP contribution is -2.39. The summed E-state index contributed by atoms with van der Waals surface area (Å²) in [5.74, 6) is -0.826. The number of nitrogens with zero attached hydrogens (tertiary/aromatic N) is 1. The molecular formula is C12H17NO2S. The van der Waals surface area contributed by atoms with E-state index in [-0.39, 0.29) is 0 Å². The van der Waals surface area contributed by atoms with Crippen LogP contribution in [0.3, 0.4) is 0 Å². The summed E-state index contributed by atoms with van der Waals surface area (Å²) >= 11 is 1.37. The maximum atomic E-state index is 10.8. The van der Waals surface area contributed by atoms with E-state index in [2.05, 4.69) is 18.7 Å². The second-order valence-electron chi connectivity index (χ2n) is 5.13. The Labute approximate surface area is 99.7 Å². The van der Waals surface area contributed by atoms with E-state index in [0.29, 0.717) is 10.3 Å². The molecule has 16 heavy (non-hydrogen) atoms. The molecule has 1 aromatic heterocycles. The van der Waals surface area contributed by atoms with E-state index in [1.807, 2.05) is 6.07 Å². The summed E-state index contributed by atoms with van der Waals surface area (Å²) in [5.41, 5.74) is 0.339. The van der Waals surface area contributed by atoms with Crippen molar-refractivity contribution in [3.63, 3.8) is 0 Å². The summed E-state index contributed by atoms with van der Waals surface area (Å²) in [5, 5.41) is 9.98. The molecule has 0 unspecified atom stereocenters. The number of rotatable bonds is 2. The molecule has 0 aliphatic carbocycles. The Hall–Kier alpha value is -1.03. The number of carboxylic acids is 1. The Morgan fingerprint density at radius 1 is 1.50 bits per heavy atom. The summed E-state index contributed by atoms with van der Waals surface area (Å²) < 4.78 is 0. The van der Waals surface area contributed by atoms with Crippen LogP contribution >= 0.6 is 11.3 Å². The lowest BCUT2D eigenvalue weighted by atomic mass is 9.84. The molecule has 0 radical (unpaired) electrons. The van der Waals surface area contributed by atoms with Gasteiger partial charge in [0.1, 0.15) is 4.88 Å². The number of hydrogen-bond acceptors (Lipinski definition) is 3. The molecule has 2 rings (SSSR count). The van der Waals surface area contributed by atoms with Gasteiger partial charge in [-0.1, -0.05) is 13.8 Å². The minimum atomic E-state index is -0.826. The maximum absolute atomic E-state index is 10.8. The van der Waals surface area contributed by atoms with Crippen LogP contribution in [-0.4, -0.2) is 24.2 Å². The molecule has 0 saturated carbocycles. The van der Waals surface area contributed by atoms with Crippen molar-refractivity contribution in [2.24, 2.45) is 5.41 Å². The van der Waals surface area contributed by atoms with Crippen LogP contribution < -0.4 is 4.90 Å². The van der Waals surface area contributed by atoms with Gasteiger partial charge in [0, 0.05) is 13.1 Å². The third kappa shape index (κ3) is 2.38. The molecule has 1 fully saturated rings. The molecule has 1 saturated heterocycles. The highest BCUT2D eigenvalue weighted by atomic mass is 32.1. The van der Waals surface area contributed by atoms with Gasteiger partial charge in [-0.25, -0.2) is 4.79 Å². The van der Waals surface area contributed by atoms with Gasteiger partial charge in [-0.15, -0.1) is 11.3 Å². The van der Waals surface area contributed by atoms with Gasteiger partial charge in [-0.2, -0.15) is 0 Å². The normalized spacial score (nSPS) is 19.8. The molecule has 0 bridgehead atoms. The monoisotopic (exact) mass is 239 g/mol. The standard InChI is InChI=1S/C12H17NO2S/c1-12(2)6-3-7-13(8-12)10-5-4-9(16-10)11(14)15/h4-5H,3,6-8H2,1-2H3,(H,14,15). The average Bonchev–Trinajstić information content (AvgIpc) is 2.64. The third-order valence-corrected chi connectivity index (χ3v) is 4.15. The summed E-state index contributed by atoms with van der Waals surface area (Å²) in [6, 6.07) is 3.62. The second kappa shape index (κ2) is 4.09. The zero-order valence-corrected chi connectivity index (χ0v) is 10.5. The average molecular weight is 239 g/mol. The van der Waals surface area contributed by atoms with Crippen LogP contribution in [0.25, 0.3) is 0 Å². The van der Waals surface area contributed by atoms with Gasteiger partial charge in [0.2, 0.25) is 0 Å². The molecule has 3 nitrogen and oxygen atoms in total. The number of thiophene rings is 1. The first kappa shape index (κ1) is 11.5. The van der Waals surface area contributed by atoms with Crippen LogP contribution in [0.5, 0.6) is 0 Å². The lowest BCUT2D eigenvalue weighted by Gasteiger charge is -2.38. The summed E-state index contributed by atoms with van der Waals surface area (Å²) in [7, 11) is 0. The summed E-state index contributed by atoms with van der Waals surface area (Å²) in [6.07, 6.45) is 2.44. The van der Waals surface area contributed by atoms with E-state index in [4.69, 9.17) is 5.11 Å². The highest BCUT2D eigenvalue weighted by Gasteiger charge is 2.27. The summed E-state index contributed by atoms with van der Waals surface area (Å²) in [4.78, 5) is 13.6. The molecule has 0 spiro atoms. The van der Waals surface area contributed by atoms with Gasteiger partial charge in [0.05, 0.1) is 5.00 Å². The molecule has 4 heteroatoms. The van der Waals surface area contributed by atoms with Gasteiger partial charge in [-0.05, 0) is 30.4 Å². The Bertz CT molecular complexity index is 397. The van der Waals surface area contributed by atoms with E-state index >= 15 is 0 Å². The Morgan fingerprint density at radius 3 is 2.81 bits per heavy atom. The molecule has 1 N–H and O–H groups in total. The van der Waals surface area contributed by atoms with Gasteiger partial charge in [0.15, 0.2) is 0 Å². The van der Waals surface area contributed by atoms with Crippen molar-refractivity contribution in [3.05, 3.63) is 17.0 Å². The predicted molar refractivity (Wildman–Crippen MR) is 66.5 cm³/mol. The van der Waals surface area contributed by atoms with Crippen molar-refractivity contribution < 1.29 is 9.90 Å². The fourth-order valence-corrected chi connectivity index (χ4v) is 3.09. The van der Waals surface area contributed by atoms with E-state index < -0.39 is 5.97 Å². The van der Waals surface area contributed by atoms with E-state index in [0.717, 1.165) is 18.1 Å². The first-order chi connectivity index (χ1) is 7.48. The molecule has 1 aromatic rings. The predicted octanol–water partition coefficient (Wildman–Crippen LogP) is 3.07. The van der Waals surface area contributed by atoms with Crippen LogP contribution in [-0.2, 0) is 0 Å². The maximum Gasteiger partial charge on any atom is 0.345 e. The molecule has 1 aliphatic rings. The first-order valence-electron chi connectivity index (χ1n) is 5.56. The molecule has 88 valence electrons. The zero-order valence-electron chi connectivity index (χ0n) is 9.69. The van der Waals surface area contributed by atoms with Crippen molar-refractivity contribution in [2.75, 3.05) is 18.0 Å². The minimum absolute atomic E-state index is 0.339. The number of carboxylic acid groups (broad SMARTS) is 1. The molecule has 0 aromatic carbocycles. The number of aromatic carboxylic acids is 1. The van der Waals surface area contributed by atoms with Gasteiger partial charge in [0.25, 0.3) is 0 Å². The first-order valence-corrected chi connectivity index (χ1v) is 6.38. The van der Waals surface area contributed by atoms with Crippen LogP contribution in [0.1, 0.15) is 36.4 Å². The van der Waals surface area contributed by atoms with Crippen molar-refractivity contribution in [3.8, 4) is 0 Å². The van der Waals surface area contributed by atoms with E-state index in [9.17, 15) is 4.79 Å². The fourth-order valence-electron chi connectivity index (χ4n) is 2.22. The SMILES string of the molecule is CC1(C)CCCN(c2ccc(C(=O)O)s2)C1. The van der Waals surface area contributed by atoms with Crippen molar-refractivity contribution in [1.82, 2.24) is 0 Å². The molecular weight excluding hydrogens is 222 g/mol. The van der Waals surface area contributed by atoms with Crippen LogP contribution in [0, 0.1) is 5.41 Å². The van der Waals surface area contributed by atoms with Crippen molar-refractivity contribution in [2.45, 2.75) is 26.7 Å². The third-order valence-electron chi connectivity index (χ3n) is 3.01. The van der Waals surface area contributed by atoms with E-state index in [1.54, 1.807) is 6.07 Å². The van der Waals surface area contributed by atoms with Crippen molar-refractivity contribution >= 4 is 22.3 Å². The highest BCUT2D eigenvalue weighted by Crippen LogP contribution is 2.34. The Morgan fingerprint density at radius 2 is 2.25 bits per heavy atom. The molecule has 0 atom stereocenters. The lowest BCUT2D eigenvalue weighted by molar-refractivity contribution is 0.0702. The number of piperidine rings is 1. The Kier molecular flexibility index (Phi) is 2.93. The van der Waals surface area contributed by atoms with Crippen LogP contribution in [0.2, 0.25) is 0 Å². The molecule has 2 heterocycles. The molecule has 0 amide bonds. The van der Waals surface area contributed by atoms with Gasteiger partial charge < -0.3 is 10.0 Å². The second-order valence-corrected chi connectivity index (χ2v) is 6.19. The summed E-state index contributed by atoms with van der Waals surface area (Å²) in [6.45, 7) is 6.60. The Balaban J connectivity index is 2.14. The highest BCUT2D eigenvalue weighted by molar-refractivity contribution is 7.17. The topological polar surface area (TPSA) is 40.5 Å². The zero-order chi connectivity index (χ0) is 11.8. The number of hydrogen-bond donors (Lipinski definition) is 1. The molecule has 1 aliphatic heterocycles. The van der Waals surface area contributed by atoms with Gasteiger partial charge >= 0.3 is 5.97 Å². The number of carbonyl (C=O) groups is 1. The number of anilines is 1. The van der Waals surface area contributed by atoms with Crippen LogP contribution in [0.15, 0.2) is 12.1 Å².